The van der Waals surface area contributed by atoms with Crippen LogP contribution in [0.25, 0.3) is 0 Å². The van der Waals surface area contributed by atoms with Crippen LogP contribution in [-0.4, -0.2) is 46.0 Å². The molecule has 1 fully saturated rings. The summed E-state index contributed by atoms with van der Waals surface area (Å²) in [5, 5.41) is 11.4. The van der Waals surface area contributed by atoms with Gasteiger partial charge in [-0.15, -0.1) is 0 Å². The molecule has 9 nitrogen and oxygen atoms in total. The first-order chi connectivity index (χ1) is 12.3. The van der Waals surface area contributed by atoms with Gasteiger partial charge in [0.25, 0.3) is 5.91 Å². The van der Waals surface area contributed by atoms with E-state index in [1.165, 1.54) is 6.92 Å². The summed E-state index contributed by atoms with van der Waals surface area (Å²) in [6.45, 7) is 5.97. The number of rotatable bonds is 5. The molecule has 9 heteroatoms. The Morgan fingerprint density at radius 1 is 1.26 bits per heavy atom. The van der Waals surface area contributed by atoms with Gasteiger partial charge in [0, 0.05) is 0 Å². The molecule has 2 rings (SSSR count). The first-order valence-corrected chi connectivity index (χ1v) is 8.30. The molecule has 0 aliphatic carbocycles. The first-order valence-electron chi connectivity index (χ1n) is 8.30. The highest BCUT2D eigenvalue weighted by molar-refractivity contribution is 6.08. The number of esters is 1. The number of hydrogen-bond acceptors (Lipinski definition) is 6. The summed E-state index contributed by atoms with van der Waals surface area (Å²) < 4.78 is 5.25. The van der Waals surface area contributed by atoms with Crippen molar-refractivity contribution in [2.75, 3.05) is 6.54 Å². The predicted octanol–water partition coefficient (Wildman–Crippen LogP) is 0.880. The Hall–Kier alpha value is -2.94. The van der Waals surface area contributed by atoms with E-state index in [2.05, 4.69) is 5.32 Å². The van der Waals surface area contributed by atoms with E-state index in [0.717, 1.165) is 0 Å². The van der Waals surface area contributed by atoms with Gasteiger partial charge in [-0.2, -0.15) is 0 Å². The molecule has 1 heterocycles. The number of imide groups is 1. The number of urea groups is 1. The minimum absolute atomic E-state index is 0.439. The molecule has 1 aliphatic rings. The molecule has 27 heavy (non-hydrogen) atoms. The standard InChI is InChI=1S/C18H23N3O6/c1-17(2,3)27-14(24)13(19)10-5-7-11(8-6-10)18(4)15(25)21(9-12(22)23)16(26)20-18/h5-8,13H,9,19H2,1-4H3,(H,20,26)(H,22,23). The lowest BCUT2D eigenvalue weighted by Gasteiger charge is -2.24. The summed E-state index contributed by atoms with van der Waals surface area (Å²) in [4.78, 5) is 48.1. The zero-order valence-electron chi connectivity index (χ0n) is 15.6. The zero-order chi connectivity index (χ0) is 20.6. The average Bonchev–Trinajstić information content (AvgIpc) is 2.76. The van der Waals surface area contributed by atoms with Gasteiger partial charge < -0.3 is 20.9 Å². The van der Waals surface area contributed by atoms with Crippen molar-refractivity contribution in [3.05, 3.63) is 35.4 Å². The minimum atomic E-state index is -1.40. The Morgan fingerprint density at radius 2 is 1.81 bits per heavy atom. The van der Waals surface area contributed by atoms with E-state index < -0.39 is 47.6 Å². The highest BCUT2D eigenvalue weighted by atomic mass is 16.6. The Morgan fingerprint density at radius 3 is 2.30 bits per heavy atom. The van der Waals surface area contributed by atoms with Crippen LogP contribution in [0.5, 0.6) is 0 Å². The van der Waals surface area contributed by atoms with Crippen LogP contribution in [0, 0.1) is 0 Å². The smallest absolute Gasteiger partial charge is 0.328 e. The lowest BCUT2D eigenvalue weighted by Crippen LogP contribution is -2.41. The molecule has 1 saturated heterocycles. The van der Waals surface area contributed by atoms with Gasteiger partial charge in [-0.25, -0.2) is 9.59 Å². The van der Waals surface area contributed by atoms with E-state index in [1.54, 1.807) is 45.0 Å². The van der Waals surface area contributed by atoms with E-state index in [0.29, 0.717) is 16.0 Å². The van der Waals surface area contributed by atoms with Gasteiger partial charge in [0.05, 0.1) is 0 Å². The second-order valence-corrected chi connectivity index (χ2v) is 7.47. The highest BCUT2D eigenvalue weighted by Gasteiger charge is 2.49. The van der Waals surface area contributed by atoms with Crippen molar-refractivity contribution in [2.24, 2.45) is 5.73 Å². The number of nitrogens with one attached hydrogen (secondary N) is 1. The van der Waals surface area contributed by atoms with Gasteiger partial charge in [-0.1, -0.05) is 24.3 Å². The molecule has 0 saturated carbocycles. The minimum Gasteiger partial charge on any atom is -0.480 e. The summed E-state index contributed by atoms with van der Waals surface area (Å²) >= 11 is 0. The van der Waals surface area contributed by atoms with Gasteiger partial charge in [0.1, 0.15) is 23.7 Å². The van der Waals surface area contributed by atoms with Gasteiger partial charge in [-0.05, 0) is 38.8 Å². The van der Waals surface area contributed by atoms with Crippen LogP contribution in [0.2, 0.25) is 0 Å². The number of nitrogens with zero attached hydrogens (tertiary/aromatic N) is 1. The molecule has 2 atom stereocenters. The van der Waals surface area contributed by atoms with Crippen LogP contribution < -0.4 is 11.1 Å². The quantitative estimate of drug-likeness (QED) is 0.511. The summed E-state index contributed by atoms with van der Waals surface area (Å²) in [6.07, 6.45) is 0. The Kier molecular flexibility index (Phi) is 5.28. The van der Waals surface area contributed by atoms with Crippen molar-refractivity contribution in [3.63, 3.8) is 0 Å². The lowest BCUT2D eigenvalue weighted by molar-refractivity contribution is -0.156. The molecule has 0 bridgehead atoms. The Bertz CT molecular complexity index is 783. The number of carbonyl (C=O) groups excluding carboxylic acids is 3. The van der Waals surface area contributed by atoms with Crippen molar-refractivity contribution in [3.8, 4) is 0 Å². The normalized spacial score (nSPS) is 21.0. The van der Waals surface area contributed by atoms with Crippen LogP contribution in [0.1, 0.15) is 44.9 Å². The first kappa shape index (κ1) is 20.4. The van der Waals surface area contributed by atoms with Crippen molar-refractivity contribution < 1.29 is 29.0 Å². The van der Waals surface area contributed by atoms with Gasteiger partial charge >= 0.3 is 18.0 Å². The lowest BCUT2D eigenvalue weighted by atomic mass is 9.90. The van der Waals surface area contributed by atoms with Gasteiger partial charge in [0.15, 0.2) is 0 Å². The van der Waals surface area contributed by atoms with Crippen molar-refractivity contribution in [1.29, 1.82) is 0 Å². The fourth-order valence-corrected chi connectivity index (χ4v) is 2.70. The maximum Gasteiger partial charge on any atom is 0.328 e. The SMILES string of the molecule is CC(C)(C)OC(=O)C(N)c1ccc(C2(C)NC(=O)N(CC(=O)O)C2=O)cc1. The molecule has 2 unspecified atom stereocenters. The van der Waals surface area contributed by atoms with Crippen LogP contribution in [0.15, 0.2) is 24.3 Å². The summed E-state index contributed by atoms with van der Waals surface area (Å²) in [5.74, 6) is -2.54. The average molecular weight is 377 g/mol. The molecule has 0 radical (unpaired) electrons. The summed E-state index contributed by atoms with van der Waals surface area (Å²) in [7, 11) is 0. The number of ether oxygens (including phenoxy) is 1. The topological polar surface area (TPSA) is 139 Å². The second-order valence-electron chi connectivity index (χ2n) is 7.47. The van der Waals surface area contributed by atoms with E-state index >= 15 is 0 Å². The number of benzene rings is 1. The number of carboxylic acids is 1. The maximum absolute atomic E-state index is 12.5. The maximum atomic E-state index is 12.5. The summed E-state index contributed by atoms with van der Waals surface area (Å²) in [6, 6.07) is 4.47. The third-order valence-corrected chi connectivity index (χ3v) is 4.08. The van der Waals surface area contributed by atoms with E-state index in [-0.39, 0.29) is 0 Å². The number of carboxylic acid groups (broad SMARTS) is 1. The van der Waals surface area contributed by atoms with Gasteiger partial charge in [0.2, 0.25) is 0 Å². The van der Waals surface area contributed by atoms with Crippen molar-refractivity contribution >= 4 is 23.9 Å². The number of amides is 3. The fraction of sp³-hybridized carbons (Fsp3) is 0.444. The third kappa shape index (κ3) is 4.25. The Balaban J connectivity index is 2.22. The van der Waals surface area contributed by atoms with Crippen LogP contribution in [0.4, 0.5) is 4.79 Å². The van der Waals surface area contributed by atoms with E-state index in [9.17, 15) is 19.2 Å². The molecule has 146 valence electrons. The molecular weight excluding hydrogens is 354 g/mol. The predicted molar refractivity (Wildman–Crippen MR) is 94.4 cm³/mol. The number of hydrogen-bond donors (Lipinski definition) is 3. The second kappa shape index (κ2) is 6.99. The molecule has 0 spiro atoms. The number of carbonyl (C=O) groups is 4. The molecule has 3 amide bonds. The van der Waals surface area contributed by atoms with Crippen LogP contribution in [0.3, 0.4) is 0 Å². The van der Waals surface area contributed by atoms with Crippen molar-refractivity contribution in [2.45, 2.75) is 44.9 Å². The zero-order valence-corrected chi connectivity index (χ0v) is 15.6. The van der Waals surface area contributed by atoms with Gasteiger partial charge in [-0.3, -0.25) is 14.5 Å². The molecule has 1 aliphatic heterocycles. The summed E-state index contributed by atoms with van der Waals surface area (Å²) in [5.41, 5.74) is 4.77. The highest BCUT2D eigenvalue weighted by Crippen LogP contribution is 2.29. The third-order valence-electron chi connectivity index (χ3n) is 4.08. The molecular formula is C18H23N3O6. The fourth-order valence-electron chi connectivity index (χ4n) is 2.70. The molecule has 1 aromatic carbocycles. The van der Waals surface area contributed by atoms with E-state index in [1.807, 2.05) is 0 Å². The van der Waals surface area contributed by atoms with E-state index in [4.69, 9.17) is 15.6 Å². The van der Waals surface area contributed by atoms with Crippen LogP contribution >= 0.6 is 0 Å². The number of aliphatic carboxylic acids is 1. The monoisotopic (exact) mass is 377 g/mol. The Labute approximate surface area is 156 Å². The number of nitrogens with two attached hydrogens (primary N) is 1. The molecule has 4 N–H and O–H groups in total. The van der Waals surface area contributed by atoms with Crippen LogP contribution in [-0.2, 0) is 24.7 Å². The molecule has 0 aromatic heterocycles. The van der Waals surface area contributed by atoms with Crippen molar-refractivity contribution in [1.82, 2.24) is 10.2 Å². The largest absolute Gasteiger partial charge is 0.480 e. The molecule has 1 aromatic rings.